The van der Waals surface area contributed by atoms with E-state index in [0.717, 1.165) is 13.1 Å². The van der Waals surface area contributed by atoms with Crippen LogP contribution < -0.4 is 10.6 Å². The molecule has 0 spiro atoms. The van der Waals surface area contributed by atoms with Gasteiger partial charge in [0.05, 0.1) is 6.10 Å². The molecule has 2 fully saturated rings. The number of rotatable bonds is 1. The van der Waals surface area contributed by atoms with Gasteiger partial charge in [0.25, 0.3) is 0 Å². The van der Waals surface area contributed by atoms with Gasteiger partial charge in [-0.15, -0.1) is 0 Å². The van der Waals surface area contributed by atoms with Crippen LogP contribution in [0.1, 0.15) is 33.1 Å². The van der Waals surface area contributed by atoms with Crippen LogP contribution in [0.4, 0.5) is 0 Å². The van der Waals surface area contributed by atoms with Crippen LogP contribution in [-0.4, -0.2) is 31.0 Å². The van der Waals surface area contributed by atoms with Crippen molar-refractivity contribution < 1.29 is 4.74 Å². The van der Waals surface area contributed by atoms with E-state index in [-0.39, 0.29) is 5.72 Å². The lowest BCUT2D eigenvalue weighted by Crippen LogP contribution is -2.57. The van der Waals surface area contributed by atoms with Crippen molar-refractivity contribution in [3.8, 4) is 0 Å². The van der Waals surface area contributed by atoms with Gasteiger partial charge in [0, 0.05) is 12.6 Å². The summed E-state index contributed by atoms with van der Waals surface area (Å²) >= 11 is 0. The number of nitrogens with one attached hydrogen (secondary N) is 2. The molecular formula is C10H20N2O. The second-order valence-electron chi connectivity index (χ2n) is 4.42. The summed E-state index contributed by atoms with van der Waals surface area (Å²) in [5, 5.41) is 7.00. The van der Waals surface area contributed by atoms with Crippen molar-refractivity contribution in [2.45, 2.75) is 51.0 Å². The predicted octanol–water partition coefficient (Wildman–Crippen LogP) is 0.853. The van der Waals surface area contributed by atoms with Gasteiger partial charge in [0.2, 0.25) is 0 Å². The highest BCUT2D eigenvalue weighted by molar-refractivity contribution is 4.94. The zero-order chi connectivity index (χ0) is 9.31. The fourth-order valence-electron chi connectivity index (χ4n) is 2.37. The van der Waals surface area contributed by atoms with Crippen molar-refractivity contribution in [3.63, 3.8) is 0 Å². The van der Waals surface area contributed by atoms with Crippen molar-refractivity contribution in [1.82, 2.24) is 10.6 Å². The smallest absolute Gasteiger partial charge is 0.132 e. The Labute approximate surface area is 80.2 Å². The largest absolute Gasteiger partial charge is 0.355 e. The van der Waals surface area contributed by atoms with Crippen LogP contribution in [0.15, 0.2) is 0 Å². The third kappa shape index (κ3) is 1.87. The molecule has 3 unspecified atom stereocenters. The molecule has 2 aliphatic heterocycles. The van der Waals surface area contributed by atoms with Crippen LogP contribution in [-0.2, 0) is 4.74 Å². The second-order valence-corrected chi connectivity index (χ2v) is 4.42. The van der Waals surface area contributed by atoms with E-state index < -0.39 is 0 Å². The monoisotopic (exact) mass is 184 g/mol. The van der Waals surface area contributed by atoms with Crippen molar-refractivity contribution >= 4 is 0 Å². The molecule has 0 radical (unpaired) electrons. The number of piperidine rings is 1. The molecule has 2 rings (SSSR count). The summed E-state index contributed by atoms with van der Waals surface area (Å²) in [5.74, 6) is 0. The summed E-state index contributed by atoms with van der Waals surface area (Å²) in [4.78, 5) is 0. The zero-order valence-corrected chi connectivity index (χ0v) is 8.60. The summed E-state index contributed by atoms with van der Waals surface area (Å²) < 4.78 is 5.91. The molecule has 3 heteroatoms. The third-order valence-corrected chi connectivity index (χ3v) is 3.16. The summed E-state index contributed by atoms with van der Waals surface area (Å²) in [7, 11) is 0. The Morgan fingerprint density at radius 1 is 1.38 bits per heavy atom. The minimum Gasteiger partial charge on any atom is -0.355 e. The van der Waals surface area contributed by atoms with E-state index in [1.165, 1.54) is 19.3 Å². The van der Waals surface area contributed by atoms with Crippen LogP contribution in [0.25, 0.3) is 0 Å². The molecule has 0 aromatic carbocycles. The summed E-state index contributed by atoms with van der Waals surface area (Å²) in [5.41, 5.74) is -0.125. The summed E-state index contributed by atoms with van der Waals surface area (Å²) in [6.07, 6.45) is 4.22. The molecule has 3 nitrogen and oxygen atoms in total. The molecule has 2 aliphatic rings. The Morgan fingerprint density at radius 2 is 2.23 bits per heavy atom. The quantitative estimate of drug-likeness (QED) is 0.634. The number of hydrogen-bond donors (Lipinski definition) is 2. The van der Waals surface area contributed by atoms with Gasteiger partial charge in [-0.2, -0.15) is 0 Å². The second kappa shape index (κ2) is 3.56. The maximum Gasteiger partial charge on any atom is 0.132 e. The molecule has 0 aliphatic carbocycles. The first kappa shape index (κ1) is 9.44. The Kier molecular flexibility index (Phi) is 2.58. The average Bonchev–Trinajstić information content (AvgIpc) is 2.49. The molecule has 0 saturated carbocycles. The van der Waals surface area contributed by atoms with Crippen LogP contribution in [0.5, 0.6) is 0 Å². The van der Waals surface area contributed by atoms with Crippen molar-refractivity contribution in [3.05, 3.63) is 0 Å². The van der Waals surface area contributed by atoms with Crippen LogP contribution in [0.2, 0.25) is 0 Å². The fraction of sp³-hybridized carbons (Fsp3) is 1.00. The van der Waals surface area contributed by atoms with Crippen molar-refractivity contribution in [2.75, 3.05) is 13.1 Å². The van der Waals surface area contributed by atoms with Crippen LogP contribution in [0.3, 0.4) is 0 Å². The Balaban J connectivity index is 1.97. The van der Waals surface area contributed by atoms with Gasteiger partial charge in [-0.05, 0) is 33.2 Å². The summed E-state index contributed by atoms with van der Waals surface area (Å²) in [6.45, 7) is 6.41. The van der Waals surface area contributed by atoms with Gasteiger partial charge in [-0.3, -0.25) is 5.32 Å². The Bertz CT molecular complexity index is 180. The van der Waals surface area contributed by atoms with Crippen LogP contribution in [0, 0.1) is 0 Å². The molecule has 2 saturated heterocycles. The molecule has 3 atom stereocenters. The number of hydrogen-bond acceptors (Lipinski definition) is 3. The fourth-order valence-corrected chi connectivity index (χ4v) is 2.37. The minimum absolute atomic E-state index is 0.125. The average molecular weight is 184 g/mol. The van der Waals surface area contributed by atoms with Gasteiger partial charge in [0.1, 0.15) is 5.72 Å². The predicted molar refractivity (Wildman–Crippen MR) is 52.6 cm³/mol. The molecular weight excluding hydrogens is 164 g/mol. The van der Waals surface area contributed by atoms with E-state index in [1.807, 2.05) is 0 Å². The molecule has 0 bridgehead atoms. The zero-order valence-electron chi connectivity index (χ0n) is 8.60. The normalized spacial score (nSPS) is 46.6. The Morgan fingerprint density at radius 3 is 2.77 bits per heavy atom. The highest BCUT2D eigenvalue weighted by atomic mass is 16.5. The highest BCUT2D eigenvalue weighted by Gasteiger charge is 2.40. The van der Waals surface area contributed by atoms with E-state index in [0.29, 0.717) is 12.1 Å². The maximum atomic E-state index is 5.91. The van der Waals surface area contributed by atoms with E-state index in [1.54, 1.807) is 0 Å². The summed E-state index contributed by atoms with van der Waals surface area (Å²) in [6, 6.07) is 0.492. The minimum atomic E-state index is -0.125. The SMILES string of the molecule is CC1CNC(C)(C2CCCCN2)O1. The van der Waals surface area contributed by atoms with E-state index >= 15 is 0 Å². The molecule has 2 heterocycles. The topological polar surface area (TPSA) is 33.3 Å². The van der Waals surface area contributed by atoms with Gasteiger partial charge in [0.15, 0.2) is 0 Å². The van der Waals surface area contributed by atoms with E-state index in [2.05, 4.69) is 24.5 Å². The van der Waals surface area contributed by atoms with Gasteiger partial charge < -0.3 is 10.1 Å². The molecule has 2 N–H and O–H groups in total. The number of ether oxygens (including phenoxy) is 1. The first-order valence-electron chi connectivity index (χ1n) is 5.37. The van der Waals surface area contributed by atoms with E-state index in [9.17, 15) is 0 Å². The lowest BCUT2D eigenvalue weighted by atomic mass is 9.96. The first-order chi connectivity index (χ1) is 6.21. The molecule has 0 amide bonds. The highest BCUT2D eigenvalue weighted by Crippen LogP contribution is 2.25. The maximum absolute atomic E-state index is 5.91. The molecule has 0 aromatic rings. The molecule has 0 aromatic heterocycles. The van der Waals surface area contributed by atoms with Gasteiger partial charge in [-0.1, -0.05) is 6.42 Å². The van der Waals surface area contributed by atoms with Crippen molar-refractivity contribution in [2.24, 2.45) is 0 Å². The standard InChI is InChI=1S/C10H20N2O/c1-8-7-12-10(2,13-8)9-5-3-4-6-11-9/h8-9,11-12H,3-7H2,1-2H3. The lowest BCUT2D eigenvalue weighted by Gasteiger charge is -2.37. The third-order valence-electron chi connectivity index (χ3n) is 3.16. The molecule has 13 heavy (non-hydrogen) atoms. The van der Waals surface area contributed by atoms with Crippen molar-refractivity contribution in [1.29, 1.82) is 0 Å². The Hall–Kier alpha value is -0.120. The van der Waals surface area contributed by atoms with Gasteiger partial charge >= 0.3 is 0 Å². The first-order valence-corrected chi connectivity index (χ1v) is 5.37. The van der Waals surface area contributed by atoms with Crippen LogP contribution >= 0.6 is 0 Å². The lowest BCUT2D eigenvalue weighted by molar-refractivity contribution is -0.0613. The van der Waals surface area contributed by atoms with Gasteiger partial charge in [-0.25, -0.2) is 0 Å². The molecule has 76 valence electrons. The van der Waals surface area contributed by atoms with E-state index in [4.69, 9.17) is 4.74 Å².